The van der Waals surface area contributed by atoms with Crippen LogP contribution in [0.1, 0.15) is 44.6 Å². The molecule has 7 heteroatoms. The Balaban J connectivity index is 1.93. The van der Waals surface area contributed by atoms with Crippen LogP contribution in [-0.4, -0.2) is 62.5 Å². The predicted octanol–water partition coefficient (Wildman–Crippen LogP) is 4.53. The van der Waals surface area contributed by atoms with Crippen LogP contribution in [0.4, 0.5) is 9.18 Å². The van der Waals surface area contributed by atoms with Crippen LogP contribution in [0.2, 0.25) is 0 Å². The van der Waals surface area contributed by atoms with Gasteiger partial charge in [0.2, 0.25) is 0 Å². The smallest absolute Gasteiger partial charge is 0.317 e. The van der Waals surface area contributed by atoms with Crippen LogP contribution < -0.4 is 10.6 Å². The molecule has 0 bridgehead atoms. The number of carbonyl (C=O) groups is 1. The van der Waals surface area contributed by atoms with E-state index >= 15 is 0 Å². The molecule has 0 aromatic heterocycles. The Kier molecular flexibility index (Phi) is 10.1. The zero-order valence-corrected chi connectivity index (χ0v) is 21.2. The van der Waals surface area contributed by atoms with Gasteiger partial charge in [0.15, 0.2) is 0 Å². The maximum absolute atomic E-state index is 14.8. The number of hydrogen-bond donors (Lipinski definition) is 3. The quantitative estimate of drug-likeness (QED) is 0.409. The molecule has 3 rings (SSSR count). The largest absolute Gasteiger partial charge is 0.385 e. The second kappa shape index (κ2) is 13.0. The maximum Gasteiger partial charge on any atom is 0.317 e. The molecule has 0 aliphatic carbocycles. The fourth-order valence-corrected chi connectivity index (χ4v) is 5.19. The van der Waals surface area contributed by atoms with Gasteiger partial charge in [-0.15, -0.1) is 0 Å². The molecule has 1 aliphatic heterocycles. The van der Waals surface area contributed by atoms with Crippen molar-refractivity contribution < 1.29 is 19.0 Å². The van der Waals surface area contributed by atoms with E-state index in [2.05, 4.69) is 10.6 Å². The third-order valence-corrected chi connectivity index (χ3v) is 6.98. The van der Waals surface area contributed by atoms with E-state index in [9.17, 15) is 14.3 Å². The summed E-state index contributed by atoms with van der Waals surface area (Å²) < 4.78 is 20.1. The second-order valence-electron chi connectivity index (χ2n) is 9.59. The summed E-state index contributed by atoms with van der Waals surface area (Å²) in [7, 11) is 3.53. The average Bonchev–Trinajstić information content (AvgIpc) is 2.87. The molecule has 1 heterocycles. The number of piperidine rings is 1. The molecule has 2 amide bonds. The van der Waals surface area contributed by atoms with Crippen molar-refractivity contribution in [2.24, 2.45) is 5.92 Å². The third-order valence-electron chi connectivity index (χ3n) is 6.98. The van der Waals surface area contributed by atoms with Crippen LogP contribution in [0.5, 0.6) is 0 Å². The lowest BCUT2D eigenvalue weighted by atomic mass is 9.72. The van der Waals surface area contributed by atoms with Crippen LogP contribution >= 0.6 is 0 Å². The standard InChI is InChI=1S/C28H40FN3O3/c1-21(19-30-2)31-27(33)32-17-10-11-22(20-32)28(34,16-8-9-18-35-3)25-14-6-4-12-23(25)24-13-5-7-15-26(24)29/h4-7,12-15,21-22,30,34H,8-11,16-20H2,1-3H3,(H,31,33)/t21-,22+,28-/m0/s1. The van der Waals surface area contributed by atoms with E-state index in [0.29, 0.717) is 43.8 Å². The van der Waals surface area contributed by atoms with Crippen molar-refractivity contribution in [2.75, 3.05) is 40.4 Å². The van der Waals surface area contributed by atoms with Gasteiger partial charge < -0.3 is 25.4 Å². The summed E-state index contributed by atoms with van der Waals surface area (Å²) in [5.41, 5.74) is 0.689. The van der Waals surface area contributed by atoms with Crippen LogP contribution in [-0.2, 0) is 10.3 Å². The minimum atomic E-state index is -1.21. The van der Waals surface area contributed by atoms with Crippen molar-refractivity contribution in [1.82, 2.24) is 15.5 Å². The van der Waals surface area contributed by atoms with Crippen molar-refractivity contribution in [3.63, 3.8) is 0 Å². The summed E-state index contributed by atoms with van der Waals surface area (Å²) in [5.74, 6) is -0.484. The van der Waals surface area contributed by atoms with Gasteiger partial charge in [0.05, 0.1) is 5.60 Å². The molecule has 3 N–H and O–H groups in total. The highest BCUT2D eigenvalue weighted by Crippen LogP contribution is 2.44. The molecular weight excluding hydrogens is 445 g/mol. The number of rotatable bonds is 11. The van der Waals surface area contributed by atoms with Gasteiger partial charge in [0.1, 0.15) is 5.82 Å². The number of aliphatic hydroxyl groups is 1. The molecular formula is C28H40FN3O3. The Morgan fingerprint density at radius 1 is 1.20 bits per heavy atom. The molecule has 35 heavy (non-hydrogen) atoms. The SMILES string of the molecule is CNC[C@H](C)NC(=O)N1CCC[C@@H]([C@@](O)(CCCCOC)c2ccccc2-c2ccccc2F)C1. The van der Waals surface area contributed by atoms with E-state index in [1.54, 1.807) is 19.2 Å². The highest BCUT2D eigenvalue weighted by atomic mass is 19.1. The molecule has 192 valence electrons. The number of nitrogens with one attached hydrogen (secondary N) is 2. The summed E-state index contributed by atoms with van der Waals surface area (Å²) in [5, 5.41) is 18.5. The lowest BCUT2D eigenvalue weighted by Crippen LogP contribution is -2.53. The predicted molar refractivity (Wildman–Crippen MR) is 138 cm³/mol. The zero-order valence-electron chi connectivity index (χ0n) is 21.2. The van der Waals surface area contributed by atoms with E-state index in [-0.39, 0.29) is 23.8 Å². The Hall–Kier alpha value is -2.48. The number of hydrogen-bond acceptors (Lipinski definition) is 4. The van der Waals surface area contributed by atoms with Gasteiger partial charge in [-0.3, -0.25) is 0 Å². The molecule has 6 nitrogen and oxygen atoms in total. The van der Waals surface area contributed by atoms with Crippen molar-refractivity contribution in [3.05, 3.63) is 59.9 Å². The number of unbranched alkanes of at least 4 members (excludes halogenated alkanes) is 1. The molecule has 0 spiro atoms. The molecule has 2 aromatic rings. The Labute approximate surface area is 208 Å². The van der Waals surface area contributed by atoms with Crippen LogP contribution in [0.3, 0.4) is 0 Å². The summed E-state index contributed by atoms with van der Waals surface area (Å²) in [6.07, 6.45) is 3.69. The monoisotopic (exact) mass is 485 g/mol. The molecule has 0 saturated carbocycles. The topological polar surface area (TPSA) is 73.8 Å². The molecule has 0 unspecified atom stereocenters. The van der Waals surface area contributed by atoms with E-state index in [4.69, 9.17) is 4.74 Å². The van der Waals surface area contributed by atoms with Crippen molar-refractivity contribution in [2.45, 2.75) is 50.7 Å². The van der Waals surface area contributed by atoms with E-state index in [0.717, 1.165) is 31.2 Å². The highest BCUT2D eigenvalue weighted by molar-refractivity contribution is 5.74. The van der Waals surface area contributed by atoms with Crippen molar-refractivity contribution >= 4 is 6.03 Å². The van der Waals surface area contributed by atoms with Gasteiger partial charge in [0, 0.05) is 50.9 Å². The van der Waals surface area contributed by atoms with Crippen molar-refractivity contribution in [3.8, 4) is 11.1 Å². The van der Waals surface area contributed by atoms with Gasteiger partial charge in [-0.2, -0.15) is 0 Å². The summed E-state index contributed by atoms with van der Waals surface area (Å²) in [4.78, 5) is 14.8. The number of ether oxygens (including phenoxy) is 1. The number of methoxy groups -OCH3 is 1. The highest BCUT2D eigenvalue weighted by Gasteiger charge is 2.42. The lowest BCUT2D eigenvalue weighted by Gasteiger charge is -2.43. The van der Waals surface area contributed by atoms with Gasteiger partial charge in [-0.25, -0.2) is 9.18 Å². The first-order valence-corrected chi connectivity index (χ1v) is 12.7. The summed E-state index contributed by atoms with van der Waals surface area (Å²) >= 11 is 0. The third kappa shape index (κ3) is 6.81. The Morgan fingerprint density at radius 2 is 1.91 bits per heavy atom. The van der Waals surface area contributed by atoms with Crippen molar-refractivity contribution in [1.29, 1.82) is 0 Å². The number of carbonyl (C=O) groups excluding carboxylic acids is 1. The maximum atomic E-state index is 14.8. The number of halogens is 1. The summed E-state index contributed by atoms with van der Waals surface area (Å²) in [6.45, 7) is 4.37. The van der Waals surface area contributed by atoms with E-state index in [1.165, 1.54) is 6.07 Å². The van der Waals surface area contributed by atoms with Gasteiger partial charge in [0.25, 0.3) is 0 Å². The number of amides is 2. The molecule has 2 aromatic carbocycles. The van der Waals surface area contributed by atoms with Gasteiger partial charge in [-0.05, 0) is 63.3 Å². The molecule has 1 fully saturated rings. The van der Waals surface area contributed by atoms with Gasteiger partial charge >= 0.3 is 6.03 Å². The molecule has 1 saturated heterocycles. The van der Waals surface area contributed by atoms with Crippen LogP contribution in [0, 0.1) is 11.7 Å². The first kappa shape index (κ1) is 27.1. The number of urea groups is 1. The number of likely N-dealkylation sites (tertiary alicyclic amines) is 1. The normalized spacial score (nSPS) is 18.7. The minimum absolute atomic E-state index is 0.00239. The fourth-order valence-electron chi connectivity index (χ4n) is 5.19. The molecule has 0 radical (unpaired) electrons. The zero-order chi connectivity index (χ0) is 25.3. The first-order chi connectivity index (χ1) is 16.9. The minimum Gasteiger partial charge on any atom is -0.385 e. The average molecular weight is 486 g/mol. The van der Waals surface area contributed by atoms with Gasteiger partial charge in [-0.1, -0.05) is 42.5 Å². The number of nitrogens with zero attached hydrogens (tertiary/aromatic N) is 1. The fraction of sp³-hybridized carbons (Fsp3) is 0.536. The first-order valence-electron chi connectivity index (χ1n) is 12.7. The number of likely N-dealkylation sites (N-methyl/N-ethyl adjacent to an activating group) is 1. The molecule has 3 atom stereocenters. The number of benzene rings is 2. The van der Waals surface area contributed by atoms with Crippen LogP contribution in [0.25, 0.3) is 11.1 Å². The van der Waals surface area contributed by atoms with E-state index in [1.807, 2.05) is 49.2 Å². The lowest BCUT2D eigenvalue weighted by molar-refractivity contribution is -0.0559. The second-order valence-corrected chi connectivity index (χ2v) is 9.59. The summed E-state index contributed by atoms with van der Waals surface area (Å²) in [6, 6.07) is 14.1. The Bertz CT molecular complexity index is 957. The Morgan fingerprint density at radius 3 is 2.63 bits per heavy atom. The van der Waals surface area contributed by atoms with Crippen LogP contribution in [0.15, 0.2) is 48.5 Å². The van der Waals surface area contributed by atoms with E-state index < -0.39 is 5.60 Å². The molecule has 1 aliphatic rings.